The second-order valence-corrected chi connectivity index (χ2v) is 4.66. The minimum absolute atomic E-state index is 0.136. The number of aliphatic hydroxyl groups is 4. The smallest absolute Gasteiger partial charge is 0.0718 e. The molecule has 0 aliphatic rings. The molecule has 0 heterocycles. The van der Waals surface area contributed by atoms with Crippen LogP contribution in [0.1, 0.15) is 40.0 Å². The number of aliphatic hydroxyl groups excluding tert-OH is 4. The minimum Gasteiger partial charge on any atom is -0.396 e. The van der Waals surface area contributed by atoms with Crippen molar-refractivity contribution in [3.8, 4) is 0 Å². The molecule has 1 unspecified atom stereocenters. The first-order valence-electron chi connectivity index (χ1n) is 6.03. The van der Waals surface area contributed by atoms with Crippen molar-refractivity contribution in [3.63, 3.8) is 0 Å². The van der Waals surface area contributed by atoms with Crippen molar-refractivity contribution in [2.45, 2.75) is 46.1 Å². The van der Waals surface area contributed by atoms with Crippen molar-refractivity contribution in [2.75, 3.05) is 19.8 Å². The Morgan fingerprint density at radius 1 is 0.750 bits per heavy atom. The molecule has 0 spiro atoms. The van der Waals surface area contributed by atoms with Crippen LogP contribution < -0.4 is 0 Å². The summed E-state index contributed by atoms with van der Waals surface area (Å²) in [6, 6.07) is 0. The van der Waals surface area contributed by atoms with Crippen molar-refractivity contribution in [1.29, 1.82) is 0 Å². The molecule has 4 heteroatoms. The van der Waals surface area contributed by atoms with E-state index in [2.05, 4.69) is 0 Å². The highest BCUT2D eigenvalue weighted by atomic mass is 16.3. The van der Waals surface area contributed by atoms with Gasteiger partial charge >= 0.3 is 0 Å². The van der Waals surface area contributed by atoms with Crippen LogP contribution in [0.2, 0.25) is 0 Å². The predicted molar refractivity (Wildman–Crippen MR) is 63.0 cm³/mol. The Labute approximate surface area is 97.9 Å². The fraction of sp³-hybridized carbons (Fsp3) is 1.00. The maximum atomic E-state index is 10.4. The summed E-state index contributed by atoms with van der Waals surface area (Å²) in [6.45, 7) is 4.94. The Bertz CT molecular complexity index is 149. The van der Waals surface area contributed by atoms with E-state index in [9.17, 15) is 20.4 Å². The van der Waals surface area contributed by atoms with Gasteiger partial charge in [0.1, 0.15) is 0 Å². The summed E-state index contributed by atoms with van der Waals surface area (Å²) in [5, 5.41) is 38.7. The Morgan fingerprint density at radius 2 is 1.06 bits per heavy atom. The van der Waals surface area contributed by atoms with Crippen LogP contribution in [0.3, 0.4) is 0 Å². The van der Waals surface area contributed by atoms with Crippen LogP contribution in [0.25, 0.3) is 0 Å². The van der Waals surface area contributed by atoms with Gasteiger partial charge in [0.05, 0.1) is 25.9 Å². The first-order valence-corrected chi connectivity index (χ1v) is 6.03. The maximum absolute atomic E-state index is 10.4. The van der Waals surface area contributed by atoms with Crippen molar-refractivity contribution >= 4 is 0 Å². The molecule has 1 atom stereocenters. The lowest BCUT2D eigenvalue weighted by molar-refractivity contribution is -0.136. The molecule has 0 radical (unpaired) electrons. The third-order valence-corrected chi connectivity index (χ3v) is 4.22. The zero-order chi connectivity index (χ0) is 12.8. The zero-order valence-corrected chi connectivity index (χ0v) is 10.6. The average Bonchev–Trinajstić information content (AvgIpc) is 2.35. The van der Waals surface area contributed by atoms with Crippen molar-refractivity contribution < 1.29 is 20.4 Å². The molecule has 0 saturated heterocycles. The normalized spacial score (nSPS) is 15.2. The Kier molecular flexibility index (Phi) is 6.48. The monoisotopic (exact) mass is 234 g/mol. The molecular formula is C12H26O4. The van der Waals surface area contributed by atoms with Gasteiger partial charge in [0.15, 0.2) is 0 Å². The third kappa shape index (κ3) is 2.56. The molecule has 16 heavy (non-hydrogen) atoms. The molecule has 0 amide bonds. The fourth-order valence-corrected chi connectivity index (χ4v) is 2.24. The SMILES string of the molecule is CCC(CC)(CO)C(O)C(CC)(CO)CO. The topological polar surface area (TPSA) is 80.9 Å². The summed E-state index contributed by atoms with van der Waals surface area (Å²) in [7, 11) is 0. The van der Waals surface area contributed by atoms with E-state index in [0.29, 0.717) is 19.3 Å². The molecule has 0 saturated carbocycles. The van der Waals surface area contributed by atoms with Crippen LogP contribution in [-0.4, -0.2) is 46.4 Å². The van der Waals surface area contributed by atoms with Crippen LogP contribution in [0.5, 0.6) is 0 Å². The van der Waals surface area contributed by atoms with Crippen LogP contribution in [0.15, 0.2) is 0 Å². The minimum atomic E-state index is -0.922. The molecule has 0 bridgehead atoms. The van der Waals surface area contributed by atoms with Gasteiger partial charge in [0.25, 0.3) is 0 Å². The number of hydrogen-bond acceptors (Lipinski definition) is 4. The lowest BCUT2D eigenvalue weighted by atomic mass is 9.65. The van der Waals surface area contributed by atoms with Crippen molar-refractivity contribution in [3.05, 3.63) is 0 Å². The standard InChI is InChI=1S/C12H26O4/c1-4-11(5-2,7-13)10(16)12(6-3,8-14)9-15/h10,13-16H,4-9H2,1-3H3. The molecule has 0 aromatic heterocycles. The summed E-state index contributed by atoms with van der Waals surface area (Å²) >= 11 is 0. The summed E-state index contributed by atoms with van der Waals surface area (Å²) < 4.78 is 0. The Hall–Kier alpha value is -0.160. The molecule has 0 aromatic rings. The average molecular weight is 234 g/mol. The van der Waals surface area contributed by atoms with Gasteiger partial charge < -0.3 is 20.4 Å². The van der Waals surface area contributed by atoms with E-state index in [-0.39, 0.29) is 19.8 Å². The molecule has 0 rings (SSSR count). The van der Waals surface area contributed by atoms with E-state index in [1.165, 1.54) is 0 Å². The lowest BCUT2D eigenvalue weighted by Gasteiger charge is -2.45. The summed E-state index contributed by atoms with van der Waals surface area (Å²) in [5.74, 6) is 0. The molecule has 0 fully saturated rings. The molecule has 0 aliphatic carbocycles. The lowest BCUT2D eigenvalue weighted by Crippen LogP contribution is -2.52. The van der Waals surface area contributed by atoms with Gasteiger partial charge in [-0.3, -0.25) is 0 Å². The van der Waals surface area contributed by atoms with E-state index >= 15 is 0 Å². The molecule has 98 valence electrons. The van der Waals surface area contributed by atoms with Gasteiger partial charge in [-0.25, -0.2) is 0 Å². The van der Waals surface area contributed by atoms with E-state index in [1.54, 1.807) is 0 Å². The van der Waals surface area contributed by atoms with E-state index in [4.69, 9.17) is 0 Å². The molecule has 0 aliphatic heterocycles. The Morgan fingerprint density at radius 3 is 1.25 bits per heavy atom. The van der Waals surface area contributed by atoms with Gasteiger partial charge in [-0.2, -0.15) is 0 Å². The second-order valence-electron chi connectivity index (χ2n) is 4.66. The van der Waals surface area contributed by atoms with Crippen molar-refractivity contribution in [1.82, 2.24) is 0 Å². The van der Waals surface area contributed by atoms with Crippen LogP contribution >= 0.6 is 0 Å². The van der Waals surface area contributed by atoms with Crippen LogP contribution in [0.4, 0.5) is 0 Å². The van der Waals surface area contributed by atoms with E-state index < -0.39 is 16.9 Å². The van der Waals surface area contributed by atoms with Gasteiger partial charge in [-0.05, 0) is 19.3 Å². The predicted octanol–water partition coefficient (Wildman–Crippen LogP) is 0.527. The molecule has 0 aromatic carbocycles. The molecule has 4 N–H and O–H groups in total. The number of hydrogen-bond donors (Lipinski definition) is 4. The fourth-order valence-electron chi connectivity index (χ4n) is 2.24. The Balaban J connectivity index is 5.16. The molecular weight excluding hydrogens is 208 g/mol. The first-order chi connectivity index (χ1) is 7.52. The van der Waals surface area contributed by atoms with Gasteiger partial charge in [-0.1, -0.05) is 20.8 Å². The van der Waals surface area contributed by atoms with Gasteiger partial charge in [0.2, 0.25) is 0 Å². The first kappa shape index (κ1) is 15.8. The highest BCUT2D eigenvalue weighted by Crippen LogP contribution is 2.41. The second kappa shape index (κ2) is 6.55. The van der Waals surface area contributed by atoms with E-state index in [0.717, 1.165) is 0 Å². The van der Waals surface area contributed by atoms with Crippen LogP contribution in [-0.2, 0) is 0 Å². The van der Waals surface area contributed by atoms with Gasteiger partial charge in [0, 0.05) is 10.8 Å². The van der Waals surface area contributed by atoms with Crippen LogP contribution in [0, 0.1) is 10.8 Å². The highest BCUT2D eigenvalue weighted by Gasteiger charge is 2.47. The summed E-state index contributed by atoms with van der Waals surface area (Å²) in [6.07, 6.45) is 0.800. The highest BCUT2D eigenvalue weighted by molar-refractivity contribution is 4.96. The zero-order valence-electron chi connectivity index (χ0n) is 10.6. The molecule has 4 nitrogen and oxygen atoms in total. The quantitative estimate of drug-likeness (QED) is 0.494. The summed E-state index contributed by atoms with van der Waals surface area (Å²) in [4.78, 5) is 0. The number of rotatable bonds is 8. The maximum Gasteiger partial charge on any atom is 0.0718 e. The van der Waals surface area contributed by atoms with E-state index in [1.807, 2.05) is 20.8 Å². The summed E-state index contributed by atoms with van der Waals surface area (Å²) in [5.41, 5.74) is -1.56. The van der Waals surface area contributed by atoms with Crippen molar-refractivity contribution in [2.24, 2.45) is 10.8 Å². The largest absolute Gasteiger partial charge is 0.396 e. The van der Waals surface area contributed by atoms with Gasteiger partial charge in [-0.15, -0.1) is 0 Å². The third-order valence-electron chi connectivity index (χ3n) is 4.22.